The van der Waals surface area contributed by atoms with E-state index in [1.54, 1.807) is 0 Å². The zero-order valence-electron chi connectivity index (χ0n) is 31.6. The van der Waals surface area contributed by atoms with Crippen molar-refractivity contribution in [2.24, 2.45) is 0 Å². The molecule has 0 spiro atoms. The second-order valence-corrected chi connectivity index (χ2v) is 12.0. The summed E-state index contributed by atoms with van der Waals surface area (Å²) in [6.45, 7) is 7.89. The van der Waals surface area contributed by atoms with E-state index in [1.807, 2.05) is 0 Å². The van der Waals surface area contributed by atoms with Crippen LogP contribution in [0, 0.1) is 0 Å². The van der Waals surface area contributed by atoms with E-state index in [0.29, 0.717) is 19.8 Å². The van der Waals surface area contributed by atoms with Gasteiger partial charge in [0.1, 0.15) is 0 Å². The molecular formula is C36H78BO6Zn3-3. The van der Waals surface area contributed by atoms with Crippen LogP contribution < -0.4 is 15.1 Å². The fourth-order valence-electron chi connectivity index (χ4n) is 4.80. The molecule has 0 aliphatic rings. The van der Waals surface area contributed by atoms with Gasteiger partial charge in [-0.05, 0) is 19.3 Å². The molecule has 0 amide bonds. The first-order chi connectivity index (χ1) is 21.0. The number of aliphatic hydroxyl groups is 3. The predicted molar refractivity (Wildman–Crippen MR) is 183 cm³/mol. The molecule has 0 radical (unpaired) electrons. The minimum absolute atomic E-state index is 0. The Morgan fingerprint density at radius 1 is 0.283 bits per heavy atom. The van der Waals surface area contributed by atoms with Gasteiger partial charge in [-0.25, -0.2) is 0 Å². The molecule has 0 rings (SSSR count). The third kappa shape index (κ3) is 90.9. The first-order valence-corrected chi connectivity index (χ1v) is 18.8. The van der Waals surface area contributed by atoms with Gasteiger partial charge in [-0.1, -0.05) is 194 Å². The third-order valence-electron chi connectivity index (χ3n) is 7.54. The standard InChI is InChI=1S/3C12H26O.BO3.3Zn/c3*1-2-3-4-5-6-7-8-9-10-11-12-13;2-1(3)4;;;/h3*13H,2-12H2,1H3;;;;/q;;;-3;;;. The third-order valence-corrected chi connectivity index (χ3v) is 7.54. The van der Waals surface area contributed by atoms with E-state index in [1.165, 1.54) is 173 Å². The fraction of sp³-hybridized carbons (Fsp3) is 1.00. The topological polar surface area (TPSA) is 130 Å². The van der Waals surface area contributed by atoms with Gasteiger partial charge < -0.3 is 30.4 Å². The van der Waals surface area contributed by atoms with Crippen LogP contribution >= 0.6 is 0 Å². The monoisotopic (exact) mass is 809 g/mol. The molecule has 0 atom stereocenters. The summed E-state index contributed by atoms with van der Waals surface area (Å²) in [5.74, 6) is 0. The summed E-state index contributed by atoms with van der Waals surface area (Å²) in [5.41, 5.74) is 0. The van der Waals surface area contributed by atoms with Gasteiger partial charge in [0.15, 0.2) is 0 Å². The normalized spacial score (nSPS) is 9.59. The molecule has 0 saturated heterocycles. The zero-order chi connectivity index (χ0) is 32.9. The van der Waals surface area contributed by atoms with Crippen LogP contribution in [0.25, 0.3) is 0 Å². The Hall–Kier alpha value is 1.70. The van der Waals surface area contributed by atoms with Crippen molar-refractivity contribution in [2.75, 3.05) is 19.8 Å². The van der Waals surface area contributed by atoms with E-state index >= 15 is 0 Å². The van der Waals surface area contributed by atoms with E-state index in [0.717, 1.165) is 19.3 Å². The Morgan fingerprint density at radius 2 is 0.391 bits per heavy atom. The summed E-state index contributed by atoms with van der Waals surface area (Å²) in [6, 6.07) is 0. The average Bonchev–Trinajstić information content (AvgIpc) is 2.99. The largest absolute Gasteiger partial charge is 0.907 e. The van der Waals surface area contributed by atoms with Crippen LogP contribution in [0.4, 0.5) is 0 Å². The first-order valence-electron chi connectivity index (χ1n) is 18.8. The molecule has 0 aliphatic heterocycles. The van der Waals surface area contributed by atoms with E-state index in [9.17, 15) is 0 Å². The van der Waals surface area contributed by atoms with Crippen molar-refractivity contribution in [3.63, 3.8) is 0 Å². The van der Waals surface area contributed by atoms with E-state index in [4.69, 9.17) is 30.4 Å². The number of hydrogen-bond donors (Lipinski definition) is 3. The summed E-state index contributed by atoms with van der Waals surface area (Å²) in [6.07, 6.45) is 39.9. The van der Waals surface area contributed by atoms with E-state index < -0.39 is 7.32 Å². The molecule has 0 heterocycles. The van der Waals surface area contributed by atoms with Crippen molar-refractivity contribution in [3.8, 4) is 0 Å². The summed E-state index contributed by atoms with van der Waals surface area (Å²) >= 11 is 0. The molecule has 0 aliphatic carbocycles. The van der Waals surface area contributed by atoms with Crippen molar-refractivity contribution >= 4 is 7.32 Å². The molecule has 10 heteroatoms. The Kier molecular flexibility index (Phi) is 93.7. The Bertz CT molecular complexity index is 333. The molecule has 0 aromatic carbocycles. The Morgan fingerprint density at radius 3 is 0.500 bits per heavy atom. The fourth-order valence-corrected chi connectivity index (χ4v) is 4.80. The predicted octanol–water partition coefficient (Wildman–Crippen LogP) is 7.74. The van der Waals surface area contributed by atoms with Crippen LogP contribution in [0.1, 0.15) is 213 Å². The van der Waals surface area contributed by atoms with Crippen LogP contribution in [-0.4, -0.2) is 42.5 Å². The number of hydrogen-bond acceptors (Lipinski definition) is 6. The maximum absolute atomic E-state index is 8.57. The van der Waals surface area contributed by atoms with Crippen molar-refractivity contribution in [2.45, 2.75) is 213 Å². The smallest absolute Gasteiger partial charge is 0.0431 e. The van der Waals surface area contributed by atoms with Gasteiger partial charge in [-0.15, -0.1) is 0 Å². The van der Waals surface area contributed by atoms with Crippen LogP contribution in [0.5, 0.6) is 0 Å². The summed E-state index contributed by atoms with van der Waals surface area (Å²) in [7, 11) is -2.92. The average molecular weight is 814 g/mol. The second-order valence-electron chi connectivity index (χ2n) is 12.0. The van der Waals surface area contributed by atoms with Gasteiger partial charge in [-0.2, -0.15) is 0 Å². The molecule has 46 heavy (non-hydrogen) atoms. The maximum atomic E-state index is 8.57. The minimum Gasteiger partial charge on any atom is -0.907 e. The Labute approximate surface area is 327 Å². The summed E-state index contributed by atoms with van der Waals surface area (Å²) < 4.78 is 0. The number of aliphatic hydroxyl groups excluding tert-OH is 3. The number of rotatable bonds is 30. The SMILES string of the molecule is CCCCCCCCCCCCO.CCCCCCCCCCCCO.CCCCCCCCCCCCO.[O-]B([O-])[O-].[Zn].[Zn].[Zn]. The van der Waals surface area contributed by atoms with Crippen molar-refractivity contribution in [1.29, 1.82) is 0 Å². The van der Waals surface area contributed by atoms with Gasteiger partial charge in [0.2, 0.25) is 0 Å². The zero-order valence-corrected chi connectivity index (χ0v) is 40.5. The first kappa shape index (κ1) is 62.8. The van der Waals surface area contributed by atoms with Crippen LogP contribution in [-0.2, 0) is 58.4 Å². The van der Waals surface area contributed by atoms with Crippen LogP contribution in [0.2, 0.25) is 0 Å². The van der Waals surface area contributed by atoms with Crippen molar-refractivity contribution in [1.82, 2.24) is 0 Å². The van der Waals surface area contributed by atoms with Gasteiger partial charge in [0.05, 0.1) is 0 Å². The molecule has 0 fully saturated rings. The molecule has 0 unspecified atom stereocenters. The molecule has 270 valence electrons. The molecule has 6 nitrogen and oxygen atoms in total. The van der Waals surface area contributed by atoms with Crippen LogP contribution in [0.3, 0.4) is 0 Å². The summed E-state index contributed by atoms with van der Waals surface area (Å²) in [5, 5.41) is 50.9. The number of unbranched alkanes of at least 4 members (excludes halogenated alkanes) is 27. The minimum atomic E-state index is -2.92. The van der Waals surface area contributed by atoms with E-state index in [-0.39, 0.29) is 58.4 Å². The quantitative estimate of drug-likeness (QED) is 0.0503. The van der Waals surface area contributed by atoms with Gasteiger partial charge in [0.25, 0.3) is 0 Å². The van der Waals surface area contributed by atoms with Gasteiger partial charge in [-0.3, -0.25) is 7.32 Å². The molecule has 3 N–H and O–H groups in total. The second kappa shape index (κ2) is 68.6. The maximum Gasteiger partial charge on any atom is 0.0431 e. The molecule has 0 aromatic rings. The molecule has 0 aromatic heterocycles. The van der Waals surface area contributed by atoms with Gasteiger partial charge in [0, 0.05) is 78.3 Å². The van der Waals surface area contributed by atoms with Crippen molar-refractivity contribution < 1.29 is 88.8 Å². The van der Waals surface area contributed by atoms with E-state index in [2.05, 4.69) is 20.8 Å². The summed E-state index contributed by atoms with van der Waals surface area (Å²) in [4.78, 5) is 0. The molecule has 0 saturated carbocycles. The van der Waals surface area contributed by atoms with Gasteiger partial charge >= 0.3 is 0 Å². The molecular weight excluding hydrogens is 735 g/mol. The van der Waals surface area contributed by atoms with Crippen LogP contribution in [0.15, 0.2) is 0 Å². The Balaban J connectivity index is -0.0000000907. The molecule has 0 bridgehead atoms. The van der Waals surface area contributed by atoms with Crippen molar-refractivity contribution in [3.05, 3.63) is 0 Å².